The second kappa shape index (κ2) is 11.9. The maximum absolute atomic E-state index is 13.2. The van der Waals surface area contributed by atoms with Gasteiger partial charge in [-0.2, -0.15) is 0 Å². The van der Waals surface area contributed by atoms with Gasteiger partial charge in [0.2, 0.25) is 10.0 Å². The molecule has 1 aliphatic rings. The topological polar surface area (TPSA) is 105 Å². The largest absolute Gasteiger partial charge is 0.480 e. The third kappa shape index (κ3) is 8.07. The molecule has 0 saturated carbocycles. The Balaban J connectivity index is 1.57. The number of rotatable bonds is 9. The number of piperazine rings is 1. The van der Waals surface area contributed by atoms with E-state index in [0.717, 1.165) is 11.8 Å². The van der Waals surface area contributed by atoms with Crippen molar-refractivity contribution in [3.63, 3.8) is 0 Å². The molecule has 2 amide bonds. The molecule has 2 aromatic rings. The van der Waals surface area contributed by atoms with Crippen molar-refractivity contribution in [2.24, 2.45) is 0 Å². The van der Waals surface area contributed by atoms with Gasteiger partial charge in [-0.25, -0.2) is 12.8 Å². The monoisotopic (exact) mass is 541 g/mol. The molecule has 0 radical (unpaired) electrons. The Morgan fingerprint density at radius 2 is 1.69 bits per heavy atom. The summed E-state index contributed by atoms with van der Waals surface area (Å²) in [5.41, 5.74) is 0.999. The fourth-order valence-electron chi connectivity index (χ4n) is 3.91. The molecule has 3 rings (SSSR count). The highest BCUT2D eigenvalue weighted by Gasteiger charge is 2.32. The normalized spacial score (nSPS) is 18.5. The quantitative estimate of drug-likeness (QED) is 0.520. The van der Waals surface area contributed by atoms with Gasteiger partial charge in [0.1, 0.15) is 5.82 Å². The van der Waals surface area contributed by atoms with E-state index >= 15 is 0 Å². The van der Waals surface area contributed by atoms with Crippen molar-refractivity contribution in [2.75, 3.05) is 32.6 Å². The maximum Gasteiger partial charge on any atom is 0.271 e. The van der Waals surface area contributed by atoms with Crippen molar-refractivity contribution < 1.29 is 31.9 Å². The molecule has 0 spiro atoms. The van der Waals surface area contributed by atoms with E-state index in [4.69, 9.17) is 21.1 Å². The first-order chi connectivity index (χ1) is 16.9. The van der Waals surface area contributed by atoms with Gasteiger partial charge in [-0.1, -0.05) is 23.7 Å². The zero-order valence-corrected chi connectivity index (χ0v) is 21.8. The molecule has 1 heterocycles. The number of hydrogen-bond acceptors (Lipinski definition) is 7. The van der Waals surface area contributed by atoms with Gasteiger partial charge in [0.05, 0.1) is 6.26 Å². The van der Waals surface area contributed by atoms with Crippen molar-refractivity contribution >= 4 is 33.4 Å². The van der Waals surface area contributed by atoms with Crippen molar-refractivity contribution in [1.82, 2.24) is 14.5 Å². The summed E-state index contributed by atoms with van der Waals surface area (Å²) in [7, 11) is -3.72. The van der Waals surface area contributed by atoms with Crippen molar-refractivity contribution in [3.8, 4) is 11.5 Å². The average molecular weight is 542 g/mol. The SMILES string of the molecule is C[C@@H]1CN(Cc2ccc(F)cc2)[C@@H](C)CN1C(=O)COc1ccc(Cl)cc1OCC(=O)NS(C)(=O)=O. The highest BCUT2D eigenvalue weighted by Crippen LogP contribution is 2.30. The summed E-state index contributed by atoms with van der Waals surface area (Å²) in [5.74, 6) is -1.06. The molecule has 1 saturated heterocycles. The van der Waals surface area contributed by atoms with Crippen molar-refractivity contribution in [3.05, 3.63) is 58.9 Å². The smallest absolute Gasteiger partial charge is 0.271 e. The van der Waals surface area contributed by atoms with E-state index in [2.05, 4.69) is 4.90 Å². The second-order valence-electron chi connectivity index (χ2n) is 8.77. The lowest BCUT2D eigenvalue weighted by molar-refractivity contribution is -0.139. The molecule has 9 nitrogen and oxygen atoms in total. The summed E-state index contributed by atoms with van der Waals surface area (Å²) in [6.45, 7) is 4.95. The molecule has 12 heteroatoms. The summed E-state index contributed by atoms with van der Waals surface area (Å²) in [5, 5.41) is 0.312. The van der Waals surface area contributed by atoms with Crippen LogP contribution in [0.15, 0.2) is 42.5 Å². The molecule has 36 heavy (non-hydrogen) atoms. The van der Waals surface area contributed by atoms with Crippen LogP contribution < -0.4 is 14.2 Å². The number of hydrogen-bond donors (Lipinski definition) is 1. The predicted octanol–water partition coefficient (Wildman–Crippen LogP) is 2.43. The van der Waals surface area contributed by atoms with Gasteiger partial charge in [-0.15, -0.1) is 0 Å². The number of nitrogens with zero attached hydrogens (tertiary/aromatic N) is 2. The number of amides is 2. The van der Waals surface area contributed by atoms with Gasteiger partial charge < -0.3 is 14.4 Å². The first kappa shape index (κ1) is 27.7. The fourth-order valence-corrected chi connectivity index (χ4v) is 4.54. The van der Waals surface area contributed by atoms with Gasteiger partial charge in [-0.05, 0) is 43.7 Å². The Hall–Kier alpha value is -2.89. The molecule has 0 bridgehead atoms. The number of nitrogens with one attached hydrogen (secondary N) is 1. The van der Waals surface area contributed by atoms with E-state index in [1.54, 1.807) is 27.8 Å². The van der Waals surface area contributed by atoms with Crippen LogP contribution in [0.5, 0.6) is 11.5 Å². The molecule has 1 N–H and O–H groups in total. The lowest BCUT2D eigenvalue weighted by Crippen LogP contribution is -2.58. The Bertz CT molecular complexity index is 1190. The van der Waals surface area contributed by atoms with Crippen molar-refractivity contribution in [2.45, 2.75) is 32.5 Å². The van der Waals surface area contributed by atoms with E-state index in [1.807, 2.05) is 13.8 Å². The number of sulfonamides is 1. The van der Waals surface area contributed by atoms with Gasteiger partial charge >= 0.3 is 0 Å². The summed E-state index contributed by atoms with van der Waals surface area (Å²) in [6, 6.07) is 10.9. The van der Waals surface area contributed by atoms with Gasteiger partial charge in [0.15, 0.2) is 24.7 Å². The minimum Gasteiger partial charge on any atom is -0.480 e. The van der Waals surface area contributed by atoms with E-state index in [1.165, 1.54) is 24.3 Å². The van der Waals surface area contributed by atoms with E-state index in [0.29, 0.717) is 24.7 Å². The molecule has 1 aliphatic heterocycles. The van der Waals surface area contributed by atoms with Crippen molar-refractivity contribution in [1.29, 1.82) is 0 Å². The van der Waals surface area contributed by atoms with Crippen LogP contribution in [0.25, 0.3) is 0 Å². The van der Waals surface area contributed by atoms with Crippen LogP contribution >= 0.6 is 11.6 Å². The minimum atomic E-state index is -3.72. The molecular formula is C24H29ClFN3O6S. The Kier molecular flexibility index (Phi) is 9.15. The molecule has 196 valence electrons. The van der Waals surface area contributed by atoms with E-state index in [-0.39, 0.29) is 41.9 Å². The molecule has 0 unspecified atom stereocenters. The first-order valence-corrected chi connectivity index (χ1v) is 13.5. The van der Waals surface area contributed by atoms with Gasteiger partial charge in [0.25, 0.3) is 11.8 Å². The molecular weight excluding hydrogens is 513 g/mol. The highest BCUT2D eigenvalue weighted by molar-refractivity contribution is 7.89. The Morgan fingerprint density at radius 3 is 2.36 bits per heavy atom. The number of ether oxygens (including phenoxy) is 2. The van der Waals surface area contributed by atoms with E-state index in [9.17, 15) is 22.4 Å². The first-order valence-electron chi connectivity index (χ1n) is 11.2. The average Bonchev–Trinajstić information content (AvgIpc) is 2.79. The summed E-state index contributed by atoms with van der Waals surface area (Å²) >= 11 is 6.01. The van der Waals surface area contributed by atoms with Crippen LogP contribution in [0.1, 0.15) is 19.4 Å². The van der Waals surface area contributed by atoms with E-state index < -0.39 is 22.5 Å². The van der Waals surface area contributed by atoms with Gasteiger partial charge in [0, 0.05) is 42.8 Å². The van der Waals surface area contributed by atoms with Crippen LogP contribution in [0.2, 0.25) is 5.02 Å². The second-order valence-corrected chi connectivity index (χ2v) is 11.0. The maximum atomic E-state index is 13.2. The summed E-state index contributed by atoms with van der Waals surface area (Å²) < 4.78 is 48.4. The molecule has 0 aliphatic carbocycles. The standard InChI is InChI=1S/C24H29ClFN3O6S/c1-16-12-29(17(2)11-28(16)13-18-4-7-20(26)8-5-18)24(31)15-35-21-9-6-19(25)10-22(21)34-14-23(30)27-36(3,32)33/h4-10,16-17H,11-15H2,1-3H3,(H,27,30)/t16-,17+/m0/s1. The molecule has 2 aromatic carbocycles. The minimum absolute atomic E-state index is 0.0709. The van der Waals surface area contributed by atoms with Crippen LogP contribution in [0.3, 0.4) is 0 Å². The zero-order chi connectivity index (χ0) is 26.5. The number of carbonyl (C=O) groups excluding carboxylic acids is 2. The summed E-state index contributed by atoms with van der Waals surface area (Å²) in [6.07, 6.45) is 0.856. The predicted molar refractivity (Wildman–Crippen MR) is 133 cm³/mol. The number of benzene rings is 2. The highest BCUT2D eigenvalue weighted by atomic mass is 35.5. The number of carbonyl (C=O) groups is 2. The lowest BCUT2D eigenvalue weighted by atomic mass is 10.1. The molecule has 2 atom stereocenters. The fraction of sp³-hybridized carbons (Fsp3) is 0.417. The Labute approximate surface area is 215 Å². The lowest BCUT2D eigenvalue weighted by Gasteiger charge is -2.44. The van der Waals surface area contributed by atoms with Crippen LogP contribution in [0.4, 0.5) is 4.39 Å². The van der Waals surface area contributed by atoms with Crippen LogP contribution in [-0.2, 0) is 26.2 Å². The third-order valence-corrected chi connectivity index (χ3v) is 6.48. The third-order valence-electron chi connectivity index (χ3n) is 5.65. The van der Waals surface area contributed by atoms with Gasteiger partial charge in [-0.3, -0.25) is 19.2 Å². The van der Waals surface area contributed by atoms with Crippen LogP contribution in [-0.4, -0.2) is 74.7 Å². The molecule has 1 fully saturated rings. The van der Waals surface area contributed by atoms with Crippen LogP contribution in [0, 0.1) is 5.82 Å². The number of halogens is 2. The summed E-state index contributed by atoms with van der Waals surface area (Å²) in [4.78, 5) is 28.7. The zero-order valence-electron chi connectivity index (χ0n) is 20.2. The Morgan fingerprint density at radius 1 is 1.03 bits per heavy atom. The molecule has 0 aromatic heterocycles.